The van der Waals surface area contributed by atoms with Crippen LogP contribution in [-0.2, 0) is 9.53 Å². The molecule has 0 spiro atoms. The van der Waals surface area contributed by atoms with Crippen LogP contribution in [0, 0.1) is 5.92 Å². The van der Waals surface area contributed by atoms with Crippen LogP contribution in [0.2, 0.25) is 0 Å². The highest BCUT2D eigenvalue weighted by molar-refractivity contribution is 7.99. The zero-order valence-electron chi connectivity index (χ0n) is 11.0. The third kappa shape index (κ3) is 4.14. The van der Waals surface area contributed by atoms with E-state index in [1.54, 1.807) is 11.8 Å². The Bertz CT molecular complexity index is 270. The van der Waals surface area contributed by atoms with Crippen molar-refractivity contribution in [3.05, 3.63) is 0 Å². The lowest BCUT2D eigenvalue weighted by atomic mass is 10.1. The van der Waals surface area contributed by atoms with Crippen LogP contribution in [0.15, 0.2) is 0 Å². The van der Waals surface area contributed by atoms with Crippen LogP contribution >= 0.6 is 11.8 Å². The molecule has 104 valence electrons. The average Bonchev–Trinajstić information content (AvgIpc) is 2.89. The van der Waals surface area contributed by atoms with Crippen LogP contribution in [0.1, 0.15) is 25.7 Å². The minimum atomic E-state index is 0.270. The largest absolute Gasteiger partial charge is 0.377 e. The molecule has 0 aromatic carbocycles. The lowest BCUT2D eigenvalue weighted by Crippen LogP contribution is -2.31. The van der Waals surface area contributed by atoms with Crippen LogP contribution in [0.5, 0.6) is 0 Å². The summed E-state index contributed by atoms with van der Waals surface area (Å²) in [5, 5.41) is 0. The number of hydrogen-bond acceptors (Lipinski definition) is 4. The van der Waals surface area contributed by atoms with Gasteiger partial charge in [0.05, 0.1) is 11.9 Å². The van der Waals surface area contributed by atoms with Crippen molar-refractivity contribution in [3.8, 4) is 0 Å². The Balaban J connectivity index is 1.60. The van der Waals surface area contributed by atoms with E-state index in [0.29, 0.717) is 24.3 Å². The van der Waals surface area contributed by atoms with E-state index in [-0.39, 0.29) is 5.91 Å². The molecular weight excluding hydrogens is 248 g/mol. The number of nitrogens with zero attached hydrogens (tertiary/aromatic N) is 1. The van der Waals surface area contributed by atoms with E-state index >= 15 is 0 Å². The summed E-state index contributed by atoms with van der Waals surface area (Å²) < 4.78 is 5.66. The normalized spacial score (nSPS) is 28.6. The fourth-order valence-corrected chi connectivity index (χ4v) is 3.56. The van der Waals surface area contributed by atoms with Crippen molar-refractivity contribution in [3.63, 3.8) is 0 Å². The third-order valence-corrected chi connectivity index (χ3v) is 4.83. The number of amides is 1. The highest BCUT2D eigenvalue weighted by atomic mass is 32.2. The molecule has 2 aliphatic heterocycles. The number of thioether (sulfide) groups is 1. The van der Waals surface area contributed by atoms with E-state index in [0.717, 1.165) is 38.3 Å². The standard InChI is InChI=1S/C13H24N2O2S/c14-7-11-4-5-15(8-11)13(16)10-18-9-12-3-1-2-6-17-12/h11-12H,1-10,14H2. The zero-order chi connectivity index (χ0) is 12.8. The molecule has 0 aliphatic carbocycles. The van der Waals surface area contributed by atoms with Gasteiger partial charge >= 0.3 is 0 Å². The fraction of sp³-hybridized carbons (Fsp3) is 0.923. The molecule has 1 amide bonds. The number of carbonyl (C=O) groups excluding carboxylic acids is 1. The van der Waals surface area contributed by atoms with E-state index < -0.39 is 0 Å². The Morgan fingerprint density at radius 3 is 2.94 bits per heavy atom. The summed E-state index contributed by atoms with van der Waals surface area (Å²) in [5.41, 5.74) is 5.63. The molecule has 0 radical (unpaired) electrons. The molecule has 4 nitrogen and oxygen atoms in total. The van der Waals surface area contributed by atoms with Crippen molar-refractivity contribution in [2.24, 2.45) is 11.7 Å². The predicted octanol–water partition coefficient (Wildman–Crippen LogP) is 1.10. The van der Waals surface area contributed by atoms with Crippen molar-refractivity contribution in [2.75, 3.05) is 37.7 Å². The van der Waals surface area contributed by atoms with Gasteiger partial charge in [-0.3, -0.25) is 4.79 Å². The molecule has 2 N–H and O–H groups in total. The van der Waals surface area contributed by atoms with Gasteiger partial charge in [0.2, 0.25) is 5.91 Å². The van der Waals surface area contributed by atoms with Gasteiger partial charge in [-0.15, -0.1) is 11.8 Å². The second-order valence-corrected chi connectivity index (χ2v) is 6.26. The van der Waals surface area contributed by atoms with Gasteiger partial charge in [-0.25, -0.2) is 0 Å². The van der Waals surface area contributed by atoms with Gasteiger partial charge in [0.15, 0.2) is 0 Å². The molecule has 2 fully saturated rings. The monoisotopic (exact) mass is 272 g/mol. The second kappa shape index (κ2) is 7.36. The Labute approximate surface area is 114 Å². The topological polar surface area (TPSA) is 55.6 Å². The molecule has 2 rings (SSSR count). The number of ether oxygens (including phenoxy) is 1. The first-order valence-corrected chi connectivity index (χ1v) is 8.12. The van der Waals surface area contributed by atoms with Gasteiger partial charge in [0.1, 0.15) is 0 Å². The molecule has 2 saturated heterocycles. The lowest BCUT2D eigenvalue weighted by Gasteiger charge is -2.22. The van der Waals surface area contributed by atoms with Crippen LogP contribution in [0.25, 0.3) is 0 Å². The van der Waals surface area contributed by atoms with E-state index in [2.05, 4.69) is 0 Å². The Morgan fingerprint density at radius 2 is 2.28 bits per heavy atom. The number of nitrogens with two attached hydrogens (primary N) is 1. The molecule has 2 atom stereocenters. The van der Waals surface area contributed by atoms with Gasteiger partial charge in [-0.2, -0.15) is 0 Å². The molecule has 0 aromatic rings. The maximum atomic E-state index is 12.0. The number of likely N-dealkylation sites (tertiary alicyclic amines) is 1. The van der Waals surface area contributed by atoms with Crippen LogP contribution in [-0.4, -0.2) is 54.7 Å². The first-order chi connectivity index (χ1) is 8.79. The Kier molecular flexibility index (Phi) is 5.79. The summed E-state index contributed by atoms with van der Waals surface area (Å²) in [6, 6.07) is 0. The highest BCUT2D eigenvalue weighted by Crippen LogP contribution is 2.19. The molecule has 2 heterocycles. The highest BCUT2D eigenvalue weighted by Gasteiger charge is 2.25. The van der Waals surface area contributed by atoms with Crippen molar-refractivity contribution >= 4 is 17.7 Å². The van der Waals surface area contributed by atoms with Crippen LogP contribution in [0.3, 0.4) is 0 Å². The fourth-order valence-electron chi connectivity index (χ4n) is 2.56. The van der Waals surface area contributed by atoms with Crippen molar-refractivity contribution in [1.82, 2.24) is 4.90 Å². The average molecular weight is 272 g/mol. The van der Waals surface area contributed by atoms with E-state index in [9.17, 15) is 4.79 Å². The molecule has 2 unspecified atom stereocenters. The lowest BCUT2D eigenvalue weighted by molar-refractivity contribution is -0.127. The summed E-state index contributed by atoms with van der Waals surface area (Å²) in [5.74, 6) is 2.34. The van der Waals surface area contributed by atoms with Gasteiger partial charge in [-0.05, 0) is 38.1 Å². The first-order valence-electron chi connectivity index (χ1n) is 6.96. The van der Waals surface area contributed by atoms with E-state index in [4.69, 9.17) is 10.5 Å². The van der Waals surface area contributed by atoms with Gasteiger partial charge in [0, 0.05) is 25.4 Å². The summed E-state index contributed by atoms with van der Waals surface area (Å²) in [6.07, 6.45) is 5.04. The second-order valence-electron chi connectivity index (χ2n) is 5.23. The number of hydrogen-bond donors (Lipinski definition) is 1. The predicted molar refractivity (Wildman–Crippen MR) is 74.7 cm³/mol. The summed E-state index contributed by atoms with van der Waals surface area (Å²) in [4.78, 5) is 13.9. The molecule has 0 aromatic heterocycles. The minimum Gasteiger partial charge on any atom is -0.377 e. The quantitative estimate of drug-likeness (QED) is 0.814. The van der Waals surface area contributed by atoms with Gasteiger partial charge in [-0.1, -0.05) is 0 Å². The SMILES string of the molecule is NCC1CCN(C(=O)CSCC2CCCCO2)C1. The van der Waals surface area contributed by atoms with E-state index in [1.807, 2.05) is 4.90 Å². The van der Waals surface area contributed by atoms with Crippen LogP contribution < -0.4 is 5.73 Å². The van der Waals surface area contributed by atoms with Crippen LogP contribution in [0.4, 0.5) is 0 Å². The maximum absolute atomic E-state index is 12.0. The third-order valence-electron chi connectivity index (χ3n) is 3.78. The summed E-state index contributed by atoms with van der Waals surface area (Å²) >= 11 is 1.72. The maximum Gasteiger partial charge on any atom is 0.232 e. The Hall–Kier alpha value is -0.260. The number of carbonyl (C=O) groups is 1. The smallest absolute Gasteiger partial charge is 0.232 e. The Morgan fingerprint density at radius 1 is 1.39 bits per heavy atom. The molecule has 0 bridgehead atoms. The first kappa shape index (κ1) is 14.2. The minimum absolute atomic E-state index is 0.270. The zero-order valence-corrected chi connectivity index (χ0v) is 11.8. The summed E-state index contributed by atoms with van der Waals surface area (Å²) in [6.45, 7) is 3.34. The van der Waals surface area contributed by atoms with Crippen molar-refractivity contribution in [1.29, 1.82) is 0 Å². The molecule has 5 heteroatoms. The molecular formula is C13H24N2O2S. The summed E-state index contributed by atoms with van der Waals surface area (Å²) in [7, 11) is 0. The van der Waals surface area contributed by atoms with Gasteiger partial charge in [0.25, 0.3) is 0 Å². The van der Waals surface area contributed by atoms with Crippen molar-refractivity contribution in [2.45, 2.75) is 31.8 Å². The molecule has 2 aliphatic rings. The number of rotatable bonds is 5. The molecule has 0 saturated carbocycles. The van der Waals surface area contributed by atoms with E-state index in [1.165, 1.54) is 12.8 Å². The van der Waals surface area contributed by atoms with Gasteiger partial charge < -0.3 is 15.4 Å². The van der Waals surface area contributed by atoms with Crippen molar-refractivity contribution < 1.29 is 9.53 Å². The molecule has 18 heavy (non-hydrogen) atoms.